The molecule has 246 valence electrons. The highest BCUT2D eigenvalue weighted by atomic mass is 16.6. The van der Waals surface area contributed by atoms with Crippen molar-refractivity contribution in [1.29, 1.82) is 15.8 Å². The Bertz CT molecular complexity index is 1090. The number of nitrogens with zero attached hydrogens (tertiary/aromatic N) is 6. The lowest BCUT2D eigenvalue weighted by Crippen LogP contribution is -2.36. The maximum Gasteiger partial charge on any atom is 0.410 e. The van der Waals surface area contributed by atoms with Gasteiger partial charge < -0.3 is 28.9 Å². The van der Waals surface area contributed by atoms with E-state index >= 15 is 0 Å². The van der Waals surface area contributed by atoms with Gasteiger partial charge in [-0.25, -0.2) is 14.4 Å². The molecule has 0 spiro atoms. The van der Waals surface area contributed by atoms with Crippen molar-refractivity contribution in [3.8, 4) is 18.2 Å². The molecule has 0 aliphatic carbocycles. The summed E-state index contributed by atoms with van der Waals surface area (Å²) in [5.74, 6) is -0.0254. The van der Waals surface area contributed by atoms with Crippen LogP contribution in [0.5, 0.6) is 0 Å². The molecule has 3 atom stereocenters. The molecule has 3 unspecified atom stereocenters. The lowest BCUT2D eigenvalue weighted by Gasteiger charge is -2.24. The van der Waals surface area contributed by atoms with Crippen molar-refractivity contribution in [2.24, 2.45) is 16.7 Å². The van der Waals surface area contributed by atoms with E-state index in [1.165, 1.54) is 0 Å². The van der Waals surface area contributed by atoms with E-state index in [-0.39, 0.29) is 24.2 Å². The number of hydrogen-bond acceptors (Lipinski definition) is 9. The average molecular weight is 617 g/mol. The van der Waals surface area contributed by atoms with Crippen LogP contribution in [0.4, 0.5) is 14.4 Å². The highest BCUT2D eigenvalue weighted by Crippen LogP contribution is 2.30. The molecule has 0 aromatic carbocycles. The summed E-state index contributed by atoms with van der Waals surface area (Å²) in [6, 6.07) is 6.64. The molecule has 3 heterocycles. The van der Waals surface area contributed by atoms with Crippen molar-refractivity contribution in [3.05, 3.63) is 0 Å². The van der Waals surface area contributed by atoms with E-state index in [1.54, 1.807) is 14.7 Å². The third-order valence-corrected chi connectivity index (χ3v) is 6.81. The van der Waals surface area contributed by atoms with E-state index in [0.29, 0.717) is 39.3 Å². The van der Waals surface area contributed by atoms with Crippen molar-refractivity contribution in [2.45, 2.75) is 112 Å². The Morgan fingerprint density at radius 1 is 0.636 bits per heavy atom. The Balaban J connectivity index is 0.000000330. The molecule has 0 aromatic heterocycles. The number of rotatable bonds is 0. The molecule has 0 N–H and O–H groups in total. The molecule has 12 heteroatoms. The van der Waals surface area contributed by atoms with Gasteiger partial charge in [-0.15, -0.1) is 0 Å². The number of amides is 3. The Labute approximate surface area is 263 Å². The molecule has 3 amide bonds. The van der Waals surface area contributed by atoms with Crippen LogP contribution in [-0.2, 0) is 14.2 Å². The molecule has 0 saturated carbocycles. The zero-order valence-electron chi connectivity index (χ0n) is 28.6. The zero-order chi connectivity index (χ0) is 34.1. The Morgan fingerprint density at radius 2 is 0.977 bits per heavy atom. The van der Waals surface area contributed by atoms with Crippen molar-refractivity contribution in [1.82, 2.24) is 14.7 Å². The second-order valence-electron chi connectivity index (χ2n) is 15.2. The van der Waals surface area contributed by atoms with Gasteiger partial charge in [-0.1, -0.05) is 0 Å². The number of likely N-dealkylation sites (tertiary alicyclic amines) is 3. The summed E-state index contributed by atoms with van der Waals surface area (Å²) >= 11 is 0. The van der Waals surface area contributed by atoms with E-state index in [1.807, 2.05) is 76.2 Å². The van der Waals surface area contributed by atoms with Gasteiger partial charge in [0, 0.05) is 39.3 Å². The molecule has 3 aliphatic rings. The second-order valence-corrected chi connectivity index (χ2v) is 15.2. The number of carbonyl (C=O) groups is 3. The first kappa shape index (κ1) is 38.3. The van der Waals surface area contributed by atoms with Gasteiger partial charge in [0.1, 0.15) is 16.8 Å². The lowest BCUT2D eigenvalue weighted by molar-refractivity contribution is 0.0273. The normalized spacial score (nSPS) is 24.8. The molecule has 0 aromatic rings. The summed E-state index contributed by atoms with van der Waals surface area (Å²) < 4.78 is 15.7. The maximum atomic E-state index is 11.7. The fourth-order valence-electron chi connectivity index (χ4n) is 4.43. The van der Waals surface area contributed by atoms with Crippen molar-refractivity contribution >= 4 is 18.3 Å². The summed E-state index contributed by atoms with van der Waals surface area (Å²) in [5.41, 5.74) is -2.21. The second kappa shape index (κ2) is 14.8. The van der Waals surface area contributed by atoms with Gasteiger partial charge in [0.15, 0.2) is 0 Å². The summed E-state index contributed by atoms with van der Waals surface area (Å²) in [5, 5.41) is 26.5. The number of carbonyl (C=O) groups excluding carboxylic acids is 3. The van der Waals surface area contributed by atoms with Crippen LogP contribution in [0.3, 0.4) is 0 Å². The topological polar surface area (TPSA) is 160 Å². The monoisotopic (exact) mass is 616 g/mol. The van der Waals surface area contributed by atoms with E-state index in [0.717, 1.165) is 19.3 Å². The Morgan fingerprint density at radius 3 is 1.23 bits per heavy atom. The smallest absolute Gasteiger partial charge is 0.410 e. The van der Waals surface area contributed by atoms with Crippen molar-refractivity contribution in [2.75, 3.05) is 39.3 Å². The van der Waals surface area contributed by atoms with E-state index in [2.05, 4.69) is 18.2 Å². The van der Waals surface area contributed by atoms with Gasteiger partial charge in [-0.05, 0) is 95.4 Å². The third kappa shape index (κ3) is 13.7. The van der Waals surface area contributed by atoms with Gasteiger partial charge in [-0.3, -0.25) is 0 Å². The Hall–Kier alpha value is -3.72. The third-order valence-electron chi connectivity index (χ3n) is 6.81. The van der Waals surface area contributed by atoms with Crippen LogP contribution in [0.2, 0.25) is 0 Å². The highest BCUT2D eigenvalue weighted by Gasteiger charge is 2.39. The van der Waals surface area contributed by atoms with Crippen LogP contribution in [-0.4, -0.2) is 89.1 Å². The predicted octanol–water partition coefficient (Wildman–Crippen LogP) is 6.08. The zero-order valence-corrected chi connectivity index (χ0v) is 28.6. The number of nitriles is 3. The minimum Gasteiger partial charge on any atom is -0.444 e. The van der Waals surface area contributed by atoms with Gasteiger partial charge in [-0.2, -0.15) is 15.8 Å². The fraction of sp³-hybridized carbons (Fsp3) is 0.812. The van der Waals surface area contributed by atoms with Crippen LogP contribution >= 0.6 is 0 Å². The molecular formula is C32H52N6O6. The largest absolute Gasteiger partial charge is 0.444 e. The van der Waals surface area contributed by atoms with Gasteiger partial charge in [0.05, 0.1) is 35.0 Å². The van der Waals surface area contributed by atoms with E-state index in [4.69, 9.17) is 30.0 Å². The first-order chi connectivity index (χ1) is 19.9. The molecule has 0 radical (unpaired) electrons. The van der Waals surface area contributed by atoms with Gasteiger partial charge >= 0.3 is 18.3 Å². The van der Waals surface area contributed by atoms with Crippen LogP contribution in [0, 0.1) is 50.7 Å². The highest BCUT2D eigenvalue weighted by molar-refractivity contribution is 5.69. The minimum absolute atomic E-state index is 0.0254. The van der Waals surface area contributed by atoms with E-state index < -0.39 is 27.6 Å². The standard InChI is InChI=1S/2C11H18N2O2.C10H16N2O2/c2*1-10(2,3)15-9(14)13-6-5-11(4,7-12)8-13;1-10(2,3)14-9(13)12-5-4-8(6-11)7-12/h2*5-6,8H2,1-4H3;8H,4-5,7H2,1-3H3. The maximum absolute atomic E-state index is 11.7. The van der Waals surface area contributed by atoms with Crippen LogP contribution in [0.1, 0.15) is 95.4 Å². The summed E-state index contributed by atoms with van der Waals surface area (Å²) in [6.07, 6.45) is 1.26. The van der Waals surface area contributed by atoms with Gasteiger partial charge in [0.2, 0.25) is 0 Å². The molecule has 0 bridgehead atoms. The predicted molar refractivity (Wildman–Crippen MR) is 164 cm³/mol. The SMILES string of the molecule is CC(C)(C)OC(=O)N1CCC(C#N)C1.CC1(C#N)CCN(C(=O)OC(C)(C)C)C1.CC1(C#N)CCN(C(=O)OC(C)(C)C)C1. The lowest BCUT2D eigenvalue weighted by atomic mass is 9.92. The number of hydrogen-bond donors (Lipinski definition) is 0. The number of ether oxygens (including phenoxy) is 3. The Kier molecular flexibility index (Phi) is 12.9. The van der Waals surface area contributed by atoms with E-state index in [9.17, 15) is 14.4 Å². The summed E-state index contributed by atoms with van der Waals surface area (Å²) in [7, 11) is 0. The van der Waals surface area contributed by atoms with Gasteiger partial charge in [0.25, 0.3) is 0 Å². The molecule has 44 heavy (non-hydrogen) atoms. The molecular weight excluding hydrogens is 564 g/mol. The molecule has 12 nitrogen and oxygen atoms in total. The first-order valence-corrected chi connectivity index (χ1v) is 15.1. The fourth-order valence-corrected chi connectivity index (χ4v) is 4.43. The average Bonchev–Trinajstić information content (AvgIpc) is 3.61. The van der Waals surface area contributed by atoms with Crippen LogP contribution in [0.15, 0.2) is 0 Å². The minimum atomic E-state index is -0.470. The molecule has 3 fully saturated rings. The van der Waals surface area contributed by atoms with Crippen LogP contribution < -0.4 is 0 Å². The molecule has 3 aliphatic heterocycles. The quantitative estimate of drug-likeness (QED) is 0.294. The van der Waals surface area contributed by atoms with Crippen LogP contribution in [0.25, 0.3) is 0 Å². The summed E-state index contributed by atoms with van der Waals surface area (Å²) in [6.45, 7) is 23.6. The molecule has 3 rings (SSSR count). The summed E-state index contributed by atoms with van der Waals surface area (Å²) in [4.78, 5) is 39.6. The first-order valence-electron chi connectivity index (χ1n) is 15.1. The van der Waals surface area contributed by atoms with Crippen molar-refractivity contribution in [3.63, 3.8) is 0 Å². The van der Waals surface area contributed by atoms with Crippen molar-refractivity contribution < 1.29 is 28.6 Å². The molecule has 3 saturated heterocycles.